The van der Waals surface area contributed by atoms with Crippen LogP contribution in [0.3, 0.4) is 0 Å². The monoisotopic (exact) mass is 276 g/mol. The van der Waals surface area contributed by atoms with Gasteiger partial charge in [0.2, 0.25) is 0 Å². The molecule has 0 aliphatic heterocycles. The quantitative estimate of drug-likeness (QED) is 0.886. The molecule has 0 radical (unpaired) electrons. The maximum Gasteiger partial charge on any atom is 0.263 e. The van der Waals surface area contributed by atoms with Crippen LogP contribution in [0, 0.1) is 11.3 Å². The van der Waals surface area contributed by atoms with Gasteiger partial charge in [0.25, 0.3) is 10.0 Å². The first-order chi connectivity index (χ1) is 9.05. The van der Waals surface area contributed by atoms with Gasteiger partial charge in [-0.15, -0.1) is 0 Å². The third-order valence-electron chi connectivity index (χ3n) is 2.52. The van der Waals surface area contributed by atoms with Crippen molar-refractivity contribution in [2.24, 2.45) is 0 Å². The molecular formula is C12H12N4O2S. The lowest BCUT2D eigenvalue weighted by molar-refractivity contribution is 0.601. The van der Waals surface area contributed by atoms with Crippen LogP contribution in [-0.2, 0) is 16.4 Å². The Labute approximate surface area is 111 Å². The zero-order valence-corrected chi connectivity index (χ0v) is 11.0. The number of aromatic amines is 1. The van der Waals surface area contributed by atoms with Gasteiger partial charge in [-0.05, 0) is 24.6 Å². The molecule has 2 rings (SSSR count). The van der Waals surface area contributed by atoms with Gasteiger partial charge >= 0.3 is 0 Å². The Morgan fingerprint density at radius 3 is 2.84 bits per heavy atom. The molecule has 7 heteroatoms. The predicted octanol–water partition coefficient (Wildman–Crippen LogP) is 1.64. The molecule has 0 spiro atoms. The lowest BCUT2D eigenvalue weighted by atomic mass is 10.2. The van der Waals surface area contributed by atoms with Crippen molar-refractivity contribution in [3.63, 3.8) is 0 Å². The van der Waals surface area contributed by atoms with E-state index in [4.69, 9.17) is 5.26 Å². The van der Waals surface area contributed by atoms with Gasteiger partial charge in [-0.3, -0.25) is 9.82 Å². The van der Waals surface area contributed by atoms with Crippen molar-refractivity contribution in [1.29, 1.82) is 5.26 Å². The van der Waals surface area contributed by atoms with Crippen molar-refractivity contribution >= 4 is 15.8 Å². The second-order valence-corrected chi connectivity index (χ2v) is 5.56. The van der Waals surface area contributed by atoms with Crippen LogP contribution in [0.4, 0.5) is 5.82 Å². The second kappa shape index (κ2) is 5.12. The predicted molar refractivity (Wildman–Crippen MR) is 69.9 cm³/mol. The van der Waals surface area contributed by atoms with Gasteiger partial charge in [0.15, 0.2) is 5.82 Å². The largest absolute Gasteiger partial charge is 0.280 e. The highest BCUT2D eigenvalue weighted by Crippen LogP contribution is 2.16. The van der Waals surface area contributed by atoms with Crippen molar-refractivity contribution in [3.8, 4) is 6.07 Å². The van der Waals surface area contributed by atoms with Crippen molar-refractivity contribution in [2.45, 2.75) is 18.2 Å². The minimum atomic E-state index is -3.72. The average molecular weight is 276 g/mol. The van der Waals surface area contributed by atoms with E-state index in [1.54, 1.807) is 12.1 Å². The summed E-state index contributed by atoms with van der Waals surface area (Å²) >= 11 is 0. The lowest BCUT2D eigenvalue weighted by Gasteiger charge is -2.05. The number of sulfonamides is 1. The molecule has 2 N–H and O–H groups in total. The fourth-order valence-corrected chi connectivity index (χ4v) is 2.56. The summed E-state index contributed by atoms with van der Waals surface area (Å²) in [6, 6.07) is 9.34. The molecule has 0 unspecified atom stereocenters. The minimum Gasteiger partial charge on any atom is -0.280 e. The van der Waals surface area contributed by atoms with Crippen LogP contribution in [0.15, 0.2) is 35.2 Å². The standard InChI is InChI=1S/C12H12N4O2S/c1-2-10-7-12(15-14-10)16-19(17,18)11-5-3-4-9(6-11)8-13/h3-7H,2H2,1H3,(H2,14,15,16). The Hall–Kier alpha value is -2.33. The third-order valence-corrected chi connectivity index (χ3v) is 3.88. The topological polar surface area (TPSA) is 98.6 Å². The molecule has 6 nitrogen and oxygen atoms in total. The van der Waals surface area contributed by atoms with Crippen molar-refractivity contribution in [1.82, 2.24) is 10.2 Å². The summed E-state index contributed by atoms with van der Waals surface area (Å²) < 4.78 is 26.5. The number of nitriles is 1. The number of H-pyrrole nitrogens is 1. The lowest BCUT2D eigenvalue weighted by Crippen LogP contribution is -2.13. The number of aryl methyl sites for hydroxylation is 1. The summed E-state index contributed by atoms with van der Waals surface area (Å²) in [6.45, 7) is 1.93. The molecule has 19 heavy (non-hydrogen) atoms. The molecule has 0 saturated carbocycles. The number of nitrogens with zero attached hydrogens (tertiary/aromatic N) is 2. The number of hydrogen-bond acceptors (Lipinski definition) is 4. The summed E-state index contributed by atoms with van der Waals surface area (Å²) in [4.78, 5) is 0.0348. The van der Waals surface area contributed by atoms with E-state index >= 15 is 0 Å². The van der Waals surface area contributed by atoms with Crippen LogP contribution in [0.2, 0.25) is 0 Å². The summed E-state index contributed by atoms with van der Waals surface area (Å²) in [7, 11) is -3.72. The zero-order chi connectivity index (χ0) is 13.9. The van der Waals surface area contributed by atoms with Crippen LogP contribution in [-0.4, -0.2) is 18.6 Å². The van der Waals surface area contributed by atoms with Gasteiger partial charge in [-0.2, -0.15) is 10.4 Å². The van der Waals surface area contributed by atoms with Crippen LogP contribution in [0.25, 0.3) is 0 Å². The fraction of sp³-hybridized carbons (Fsp3) is 0.167. The van der Waals surface area contributed by atoms with Crippen molar-refractivity contribution < 1.29 is 8.42 Å². The van der Waals surface area contributed by atoms with Crippen LogP contribution in [0.5, 0.6) is 0 Å². The van der Waals surface area contributed by atoms with E-state index in [-0.39, 0.29) is 10.7 Å². The molecule has 0 fully saturated rings. The van der Waals surface area contributed by atoms with E-state index in [0.29, 0.717) is 5.56 Å². The molecule has 0 atom stereocenters. The van der Waals surface area contributed by atoms with Crippen LogP contribution in [0.1, 0.15) is 18.2 Å². The highest BCUT2D eigenvalue weighted by molar-refractivity contribution is 7.92. The molecule has 1 aromatic carbocycles. The highest BCUT2D eigenvalue weighted by atomic mass is 32.2. The Kier molecular flexibility index (Phi) is 3.53. The van der Waals surface area contributed by atoms with Gasteiger partial charge in [0, 0.05) is 11.8 Å². The van der Waals surface area contributed by atoms with Gasteiger partial charge in [0.05, 0.1) is 16.5 Å². The average Bonchev–Trinajstić information content (AvgIpc) is 2.85. The molecule has 2 aromatic rings. The summed E-state index contributed by atoms with van der Waals surface area (Å²) in [5.74, 6) is 0.235. The first kappa shape index (κ1) is 13.1. The van der Waals surface area contributed by atoms with Crippen LogP contribution >= 0.6 is 0 Å². The number of benzene rings is 1. The van der Waals surface area contributed by atoms with E-state index < -0.39 is 10.0 Å². The summed E-state index contributed by atoms with van der Waals surface area (Å²) in [5.41, 5.74) is 1.13. The molecule has 1 heterocycles. The number of hydrogen-bond donors (Lipinski definition) is 2. The number of aromatic nitrogens is 2. The van der Waals surface area contributed by atoms with Crippen molar-refractivity contribution in [3.05, 3.63) is 41.6 Å². The van der Waals surface area contributed by atoms with Gasteiger partial charge in [-0.1, -0.05) is 13.0 Å². The Morgan fingerprint density at radius 1 is 1.42 bits per heavy atom. The van der Waals surface area contributed by atoms with Crippen molar-refractivity contribution in [2.75, 3.05) is 4.72 Å². The Bertz CT molecular complexity index is 728. The SMILES string of the molecule is CCc1cc(NS(=O)(=O)c2cccc(C#N)c2)n[nH]1. The van der Waals surface area contributed by atoms with E-state index in [9.17, 15) is 8.42 Å². The van der Waals surface area contributed by atoms with Gasteiger partial charge in [0.1, 0.15) is 0 Å². The molecule has 1 aromatic heterocycles. The smallest absolute Gasteiger partial charge is 0.263 e. The maximum absolute atomic E-state index is 12.1. The summed E-state index contributed by atoms with van der Waals surface area (Å²) in [6.07, 6.45) is 0.735. The van der Waals surface area contributed by atoms with Crippen LogP contribution < -0.4 is 4.72 Å². The molecule has 0 bridgehead atoms. The molecule has 98 valence electrons. The van der Waals surface area contributed by atoms with E-state index in [1.807, 2.05) is 13.0 Å². The summed E-state index contributed by atoms with van der Waals surface area (Å²) in [5, 5.41) is 15.4. The molecule has 0 saturated heterocycles. The Morgan fingerprint density at radius 2 is 2.21 bits per heavy atom. The van der Waals surface area contributed by atoms with E-state index in [0.717, 1.165) is 12.1 Å². The number of anilines is 1. The fourth-order valence-electron chi connectivity index (χ4n) is 1.52. The molecule has 0 amide bonds. The number of rotatable bonds is 4. The highest BCUT2D eigenvalue weighted by Gasteiger charge is 2.16. The molecular weight excluding hydrogens is 264 g/mol. The van der Waals surface area contributed by atoms with E-state index in [2.05, 4.69) is 14.9 Å². The third kappa shape index (κ3) is 2.92. The van der Waals surface area contributed by atoms with E-state index in [1.165, 1.54) is 18.2 Å². The van der Waals surface area contributed by atoms with Gasteiger partial charge < -0.3 is 0 Å². The molecule has 0 aliphatic rings. The first-order valence-electron chi connectivity index (χ1n) is 5.62. The molecule has 0 aliphatic carbocycles. The first-order valence-corrected chi connectivity index (χ1v) is 7.10. The normalized spacial score (nSPS) is 10.9. The minimum absolute atomic E-state index is 0.0348. The zero-order valence-electron chi connectivity index (χ0n) is 10.2. The van der Waals surface area contributed by atoms with Gasteiger partial charge in [-0.25, -0.2) is 8.42 Å². The number of nitrogens with one attached hydrogen (secondary N) is 2. The second-order valence-electron chi connectivity index (χ2n) is 3.88. The maximum atomic E-state index is 12.1. The Balaban J connectivity index is 2.29.